The molecule has 2 fully saturated rings. The van der Waals surface area contributed by atoms with Crippen molar-refractivity contribution >= 4 is 5.69 Å². The van der Waals surface area contributed by atoms with E-state index in [1.807, 2.05) is 0 Å². The summed E-state index contributed by atoms with van der Waals surface area (Å²) >= 11 is 0. The summed E-state index contributed by atoms with van der Waals surface area (Å²) in [7, 11) is 0. The van der Waals surface area contributed by atoms with Crippen LogP contribution in [0.25, 0.3) is 0 Å². The predicted molar refractivity (Wildman–Crippen MR) is 69.6 cm³/mol. The zero-order chi connectivity index (χ0) is 11.7. The number of fused-ring (bicyclic) bond motifs is 1. The van der Waals surface area contributed by atoms with E-state index < -0.39 is 0 Å². The molecule has 2 aliphatic heterocycles. The molecule has 2 heterocycles. The summed E-state index contributed by atoms with van der Waals surface area (Å²) in [5, 5.41) is 0. The SMILES string of the molecule is Cc1ccc(N2CCN3CCOC[C@H]3C2)cc1. The van der Waals surface area contributed by atoms with E-state index in [4.69, 9.17) is 4.74 Å². The first-order valence-corrected chi connectivity index (χ1v) is 6.46. The smallest absolute Gasteiger partial charge is 0.0639 e. The van der Waals surface area contributed by atoms with Crippen LogP contribution in [-0.4, -0.2) is 50.3 Å². The lowest BCUT2D eigenvalue weighted by Crippen LogP contribution is -2.58. The number of piperazine rings is 1. The summed E-state index contributed by atoms with van der Waals surface area (Å²) in [5.74, 6) is 0. The van der Waals surface area contributed by atoms with Crippen LogP contribution >= 0.6 is 0 Å². The molecule has 0 aromatic heterocycles. The summed E-state index contributed by atoms with van der Waals surface area (Å²) in [6, 6.07) is 9.43. The van der Waals surface area contributed by atoms with Gasteiger partial charge in [-0.1, -0.05) is 17.7 Å². The molecular formula is C14H20N2O. The lowest BCUT2D eigenvalue weighted by Gasteiger charge is -2.44. The van der Waals surface area contributed by atoms with Crippen LogP contribution in [0.15, 0.2) is 24.3 Å². The minimum Gasteiger partial charge on any atom is -0.378 e. The second kappa shape index (κ2) is 4.67. The summed E-state index contributed by atoms with van der Waals surface area (Å²) < 4.78 is 5.57. The average molecular weight is 232 g/mol. The van der Waals surface area contributed by atoms with Crippen LogP contribution in [0.3, 0.4) is 0 Å². The molecule has 0 amide bonds. The Kier molecular flexibility index (Phi) is 3.04. The highest BCUT2D eigenvalue weighted by molar-refractivity contribution is 5.48. The number of morpholine rings is 1. The van der Waals surface area contributed by atoms with Crippen LogP contribution in [0.5, 0.6) is 0 Å². The molecule has 2 saturated heterocycles. The molecule has 3 rings (SSSR count). The average Bonchev–Trinajstić information content (AvgIpc) is 2.39. The summed E-state index contributed by atoms with van der Waals surface area (Å²) in [6.07, 6.45) is 0. The fraction of sp³-hybridized carbons (Fsp3) is 0.571. The van der Waals surface area contributed by atoms with Crippen molar-refractivity contribution in [2.75, 3.05) is 44.3 Å². The van der Waals surface area contributed by atoms with Gasteiger partial charge in [0.1, 0.15) is 0 Å². The number of ether oxygens (including phenoxy) is 1. The van der Waals surface area contributed by atoms with Gasteiger partial charge in [0.2, 0.25) is 0 Å². The molecule has 92 valence electrons. The standard InChI is InChI=1S/C14H20N2O/c1-12-2-4-13(5-3-12)16-7-6-15-8-9-17-11-14(15)10-16/h2-5,14H,6-11H2,1H3/t14-/m1/s1. The zero-order valence-corrected chi connectivity index (χ0v) is 10.4. The Hall–Kier alpha value is -1.06. The monoisotopic (exact) mass is 232 g/mol. The first-order chi connectivity index (χ1) is 8.33. The van der Waals surface area contributed by atoms with Gasteiger partial charge in [-0.05, 0) is 19.1 Å². The third-order valence-corrected chi connectivity index (χ3v) is 3.84. The number of hydrogen-bond acceptors (Lipinski definition) is 3. The molecule has 0 radical (unpaired) electrons. The Morgan fingerprint density at radius 1 is 1.12 bits per heavy atom. The van der Waals surface area contributed by atoms with Crippen molar-refractivity contribution in [1.29, 1.82) is 0 Å². The van der Waals surface area contributed by atoms with Crippen LogP contribution in [0.2, 0.25) is 0 Å². The van der Waals surface area contributed by atoms with Gasteiger partial charge in [-0.3, -0.25) is 4.90 Å². The number of aryl methyl sites for hydroxylation is 1. The van der Waals surface area contributed by atoms with Crippen molar-refractivity contribution in [1.82, 2.24) is 4.90 Å². The minimum atomic E-state index is 0.582. The van der Waals surface area contributed by atoms with E-state index in [0.717, 1.165) is 32.8 Å². The van der Waals surface area contributed by atoms with Gasteiger partial charge in [-0.15, -0.1) is 0 Å². The second-order valence-corrected chi connectivity index (χ2v) is 5.05. The van der Waals surface area contributed by atoms with Crippen LogP contribution in [0.4, 0.5) is 5.69 Å². The number of nitrogens with zero attached hydrogens (tertiary/aromatic N) is 2. The third kappa shape index (κ3) is 2.31. The quantitative estimate of drug-likeness (QED) is 0.730. The van der Waals surface area contributed by atoms with Crippen LogP contribution in [-0.2, 0) is 4.74 Å². The largest absolute Gasteiger partial charge is 0.378 e. The van der Waals surface area contributed by atoms with Gasteiger partial charge in [0.05, 0.1) is 19.3 Å². The van der Waals surface area contributed by atoms with E-state index in [9.17, 15) is 0 Å². The number of anilines is 1. The van der Waals surface area contributed by atoms with E-state index >= 15 is 0 Å². The first-order valence-electron chi connectivity index (χ1n) is 6.46. The molecule has 0 saturated carbocycles. The molecule has 1 atom stereocenters. The Balaban J connectivity index is 1.71. The normalized spacial score (nSPS) is 25.7. The molecule has 17 heavy (non-hydrogen) atoms. The van der Waals surface area contributed by atoms with Crippen molar-refractivity contribution in [2.24, 2.45) is 0 Å². The van der Waals surface area contributed by atoms with Gasteiger partial charge in [-0.25, -0.2) is 0 Å². The van der Waals surface area contributed by atoms with E-state index in [1.54, 1.807) is 0 Å². The zero-order valence-electron chi connectivity index (χ0n) is 10.4. The summed E-state index contributed by atoms with van der Waals surface area (Å²) in [4.78, 5) is 5.05. The highest BCUT2D eigenvalue weighted by Crippen LogP contribution is 2.21. The second-order valence-electron chi connectivity index (χ2n) is 5.05. The molecule has 0 bridgehead atoms. The fourth-order valence-corrected chi connectivity index (χ4v) is 2.74. The molecule has 0 spiro atoms. The maximum absolute atomic E-state index is 5.57. The summed E-state index contributed by atoms with van der Waals surface area (Å²) in [5.41, 5.74) is 2.68. The molecule has 0 N–H and O–H groups in total. The molecule has 0 aliphatic carbocycles. The Bertz CT molecular complexity index is 376. The molecule has 2 aliphatic rings. The van der Waals surface area contributed by atoms with Crippen LogP contribution < -0.4 is 4.90 Å². The van der Waals surface area contributed by atoms with Crippen molar-refractivity contribution < 1.29 is 4.74 Å². The van der Waals surface area contributed by atoms with Crippen molar-refractivity contribution in [3.63, 3.8) is 0 Å². The van der Waals surface area contributed by atoms with Crippen molar-refractivity contribution in [2.45, 2.75) is 13.0 Å². The molecular weight excluding hydrogens is 212 g/mol. The van der Waals surface area contributed by atoms with Gasteiger partial charge >= 0.3 is 0 Å². The van der Waals surface area contributed by atoms with E-state index in [0.29, 0.717) is 6.04 Å². The van der Waals surface area contributed by atoms with Gasteiger partial charge in [0.15, 0.2) is 0 Å². The lowest BCUT2D eigenvalue weighted by molar-refractivity contribution is -0.0116. The number of rotatable bonds is 1. The molecule has 0 unspecified atom stereocenters. The van der Waals surface area contributed by atoms with Gasteiger partial charge in [0, 0.05) is 31.9 Å². The Morgan fingerprint density at radius 2 is 1.94 bits per heavy atom. The Morgan fingerprint density at radius 3 is 2.76 bits per heavy atom. The fourth-order valence-electron chi connectivity index (χ4n) is 2.74. The minimum absolute atomic E-state index is 0.582. The highest BCUT2D eigenvalue weighted by Gasteiger charge is 2.29. The number of benzene rings is 1. The maximum Gasteiger partial charge on any atom is 0.0639 e. The van der Waals surface area contributed by atoms with Crippen molar-refractivity contribution in [3.8, 4) is 0 Å². The van der Waals surface area contributed by atoms with E-state index in [-0.39, 0.29) is 0 Å². The van der Waals surface area contributed by atoms with E-state index in [2.05, 4.69) is 41.0 Å². The van der Waals surface area contributed by atoms with Crippen molar-refractivity contribution in [3.05, 3.63) is 29.8 Å². The topological polar surface area (TPSA) is 15.7 Å². The maximum atomic E-state index is 5.57. The predicted octanol–water partition coefficient (Wildman–Crippen LogP) is 1.52. The summed E-state index contributed by atoms with van der Waals surface area (Å²) in [6.45, 7) is 8.44. The molecule has 3 heteroatoms. The third-order valence-electron chi connectivity index (χ3n) is 3.84. The van der Waals surface area contributed by atoms with Crippen LogP contribution in [0.1, 0.15) is 5.56 Å². The molecule has 1 aromatic rings. The van der Waals surface area contributed by atoms with Gasteiger partial charge in [0.25, 0.3) is 0 Å². The molecule has 1 aromatic carbocycles. The first kappa shape index (κ1) is 11.1. The Labute approximate surface area is 103 Å². The van der Waals surface area contributed by atoms with Gasteiger partial charge < -0.3 is 9.64 Å². The highest BCUT2D eigenvalue weighted by atomic mass is 16.5. The molecule has 3 nitrogen and oxygen atoms in total. The lowest BCUT2D eigenvalue weighted by atomic mass is 10.1. The van der Waals surface area contributed by atoms with Crippen LogP contribution in [0, 0.1) is 6.92 Å². The number of hydrogen-bond donors (Lipinski definition) is 0. The van der Waals surface area contributed by atoms with E-state index in [1.165, 1.54) is 17.8 Å². The van der Waals surface area contributed by atoms with Gasteiger partial charge in [-0.2, -0.15) is 0 Å².